The molecule has 1 heterocycles. The van der Waals surface area contributed by atoms with E-state index < -0.39 is 0 Å². The zero-order valence-corrected chi connectivity index (χ0v) is 12.3. The molecule has 0 bridgehead atoms. The van der Waals surface area contributed by atoms with Gasteiger partial charge in [-0.05, 0) is 41.0 Å². The van der Waals surface area contributed by atoms with E-state index in [2.05, 4.69) is 5.32 Å². The van der Waals surface area contributed by atoms with Crippen LogP contribution in [0.4, 0.5) is 5.69 Å². The van der Waals surface area contributed by atoms with Crippen LogP contribution in [0.3, 0.4) is 0 Å². The monoisotopic (exact) mass is 302 g/mol. The fourth-order valence-electron chi connectivity index (χ4n) is 2.59. The van der Waals surface area contributed by atoms with Gasteiger partial charge in [0.2, 0.25) is 5.91 Å². The SMILES string of the molecule is COc1cccc(C(N)c2cc(Cl)cc3c2NC(=O)C3)c1. The Balaban J connectivity index is 2.06. The number of carbonyl (C=O) groups excluding carboxylic acids is 1. The molecule has 0 spiro atoms. The lowest BCUT2D eigenvalue weighted by Crippen LogP contribution is -2.14. The van der Waals surface area contributed by atoms with Crippen LogP contribution in [0.2, 0.25) is 5.02 Å². The summed E-state index contributed by atoms with van der Waals surface area (Å²) in [6.07, 6.45) is 0.341. The zero-order chi connectivity index (χ0) is 15.0. The van der Waals surface area contributed by atoms with Crippen molar-refractivity contribution in [2.24, 2.45) is 5.73 Å². The number of benzene rings is 2. The highest BCUT2D eigenvalue weighted by molar-refractivity contribution is 6.31. The van der Waals surface area contributed by atoms with Crippen molar-refractivity contribution >= 4 is 23.2 Å². The Labute approximate surface area is 127 Å². The summed E-state index contributed by atoms with van der Waals surface area (Å²) in [5.41, 5.74) is 9.75. The Hall–Kier alpha value is -2.04. The molecule has 21 heavy (non-hydrogen) atoms. The third-order valence-electron chi connectivity index (χ3n) is 3.62. The topological polar surface area (TPSA) is 64.3 Å². The zero-order valence-electron chi connectivity index (χ0n) is 11.5. The van der Waals surface area contributed by atoms with Gasteiger partial charge in [-0.15, -0.1) is 0 Å². The number of hydrogen-bond acceptors (Lipinski definition) is 3. The number of hydrogen-bond donors (Lipinski definition) is 2. The molecule has 0 saturated carbocycles. The molecule has 1 atom stereocenters. The van der Waals surface area contributed by atoms with Crippen LogP contribution >= 0.6 is 11.6 Å². The maximum absolute atomic E-state index is 11.6. The fraction of sp³-hybridized carbons (Fsp3) is 0.188. The second-order valence-electron chi connectivity index (χ2n) is 5.01. The first-order valence-corrected chi connectivity index (χ1v) is 6.98. The third kappa shape index (κ3) is 2.60. The molecular formula is C16H15ClN2O2. The molecule has 3 N–H and O–H groups in total. The molecule has 0 fully saturated rings. The molecule has 4 nitrogen and oxygen atoms in total. The molecule has 2 aromatic rings. The van der Waals surface area contributed by atoms with Gasteiger partial charge in [-0.2, -0.15) is 0 Å². The van der Waals surface area contributed by atoms with Crippen molar-refractivity contribution in [3.05, 3.63) is 58.1 Å². The summed E-state index contributed by atoms with van der Waals surface area (Å²) < 4.78 is 5.22. The van der Waals surface area contributed by atoms with Crippen LogP contribution in [0.15, 0.2) is 36.4 Å². The minimum Gasteiger partial charge on any atom is -0.497 e. The van der Waals surface area contributed by atoms with Crippen molar-refractivity contribution in [2.45, 2.75) is 12.5 Å². The number of nitrogens with two attached hydrogens (primary N) is 1. The standard InChI is InChI=1S/C16H15ClN2O2/c1-21-12-4-2-3-9(6-12)15(18)13-8-11(17)5-10-7-14(20)19-16(10)13/h2-6,8,15H,7,18H2,1H3,(H,19,20). The summed E-state index contributed by atoms with van der Waals surface area (Å²) in [5, 5.41) is 3.45. The van der Waals surface area contributed by atoms with Crippen LogP contribution in [0.25, 0.3) is 0 Å². The van der Waals surface area contributed by atoms with Gasteiger partial charge in [0.05, 0.1) is 19.6 Å². The van der Waals surface area contributed by atoms with Gasteiger partial charge < -0.3 is 15.8 Å². The predicted molar refractivity (Wildman–Crippen MR) is 82.8 cm³/mol. The van der Waals surface area contributed by atoms with Crippen LogP contribution in [0.1, 0.15) is 22.7 Å². The maximum Gasteiger partial charge on any atom is 0.228 e. The highest BCUT2D eigenvalue weighted by Crippen LogP contribution is 2.36. The van der Waals surface area contributed by atoms with Gasteiger partial charge in [-0.25, -0.2) is 0 Å². The van der Waals surface area contributed by atoms with E-state index >= 15 is 0 Å². The Kier molecular flexibility index (Phi) is 3.57. The van der Waals surface area contributed by atoms with E-state index in [1.165, 1.54) is 0 Å². The van der Waals surface area contributed by atoms with E-state index in [4.69, 9.17) is 22.1 Å². The summed E-state index contributed by atoms with van der Waals surface area (Å²) in [4.78, 5) is 11.6. The van der Waals surface area contributed by atoms with Gasteiger partial charge in [-0.1, -0.05) is 23.7 Å². The van der Waals surface area contributed by atoms with Gasteiger partial charge >= 0.3 is 0 Å². The molecule has 0 aromatic heterocycles. The molecule has 0 aliphatic carbocycles. The molecule has 5 heteroatoms. The van der Waals surface area contributed by atoms with Crippen molar-refractivity contribution in [1.29, 1.82) is 0 Å². The highest BCUT2D eigenvalue weighted by atomic mass is 35.5. The number of anilines is 1. The van der Waals surface area contributed by atoms with E-state index in [1.54, 1.807) is 19.2 Å². The smallest absolute Gasteiger partial charge is 0.228 e. The molecule has 0 radical (unpaired) electrons. The van der Waals surface area contributed by atoms with Crippen LogP contribution in [0, 0.1) is 0 Å². The summed E-state index contributed by atoms with van der Waals surface area (Å²) in [6, 6.07) is 10.8. The second-order valence-corrected chi connectivity index (χ2v) is 5.44. The molecule has 1 aliphatic rings. The number of carbonyl (C=O) groups is 1. The highest BCUT2D eigenvalue weighted by Gasteiger charge is 2.24. The predicted octanol–water partition coefficient (Wildman–Crippen LogP) is 2.89. The average Bonchev–Trinajstić information content (AvgIpc) is 2.85. The van der Waals surface area contributed by atoms with E-state index in [0.29, 0.717) is 11.4 Å². The van der Waals surface area contributed by atoms with Gasteiger partial charge in [-0.3, -0.25) is 4.79 Å². The molecule has 2 aromatic carbocycles. The van der Waals surface area contributed by atoms with Gasteiger partial charge in [0.25, 0.3) is 0 Å². The summed E-state index contributed by atoms with van der Waals surface area (Å²) in [6.45, 7) is 0. The number of amides is 1. The lowest BCUT2D eigenvalue weighted by Gasteiger charge is -2.17. The van der Waals surface area contributed by atoms with Crippen molar-refractivity contribution in [2.75, 3.05) is 12.4 Å². The molecule has 108 valence electrons. The normalized spacial score (nSPS) is 14.5. The Morgan fingerprint density at radius 1 is 1.33 bits per heavy atom. The Morgan fingerprint density at radius 3 is 2.90 bits per heavy atom. The van der Waals surface area contributed by atoms with Crippen molar-refractivity contribution in [3.63, 3.8) is 0 Å². The first-order valence-electron chi connectivity index (χ1n) is 6.60. The molecular weight excluding hydrogens is 288 g/mol. The Bertz CT molecular complexity index is 715. The minimum absolute atomic E-state index is 0.0358. The average molecular weight is 303 g/mol. The minimum atomic E-state index is -0.383. The van der Waals surface area contributed by atoms with E-state index in [-0.39, 0.29) is 11.9 Å². The van der Waals surface area contributed by atoms with Crippen molar-refractivity contribution < 1.29 is 9.53 Å². The van der Waals surface area contributed by atoms with Crippen LogP contribution in [-0.4, -0.2) is 13.0 Å². The molecule has 1 amide bonds. The van der Waals surface area contributed by atoms with Crippen molar-refractivity contribution in [1.82, 2.24) is 0 Å². The van der Waals surface area contributed by atoms with Gasteiger partial charge in [0.15, 0.2) is 0 Å². The number of methoxy groups -OCH3 is 1. The van der Waals surface area contributed by atoms with Crippen molar-refractivity contribution in [3.8, 4) is 5.75 Å². The number of fused-ring (bicyclic) bond motifs is 1. The Morgan fingerprint density at radius 2 is 2.14 bits per heavy atom. The number of rotatable bonds is 3. The van der Waals surface area contributed by atoms with Crippen LogP contribution in [0.5, 0.6) is 5.75 Å². The number of nitrogens with one attached hydrogen (secondary N) is 1. The first kappa shape index (κ1) is 13.9. The summed E-state index contributed by atoms with van der Waals surface area (Å²) >= 11 is 6.15. The van der Waals surface area contributed by atoms with E-state index in [9.17, 15) is 4.79 Å². The molecule has 1 aliphatic heterocycles. The largest absolute Gasteiger partial charge is 0.497 e. The molecule has 3 rings (SSSR count). The van der Waals surface area contributed by atoms with E-state index in [1.807, 2.05) is 24.3 Å². The quantitative estimate of drug-likeness (QED) is 0.916. The van der Waals surface area contributed by atoms with Crippen LogP contribution in [-0.2, 0) is 11.2 Å². The second kappa shape index (κ2) is 5.39. The maximum atomic E-state index is 11.6. The summed E-state index contributed by atoms with van der Waals surface area (Å²) in [7, 11) is 1.61. The summed E-state index contributed by atoms with van der Waals surface area (Å²) in [5.74, 6) is 0.706. The first-order chi connectivity index (χ1) is 10.1. The number of halogens is 1. The van der Waals surface area contributed by atoms with E-state index in [0.717, 1.165) is 28.1 Å². The fourth-order valence-corrected chi connectivity index (χ4v) is 2.84. The molecule has 0 saturated heterocycles. The third-order valence-corrected chi connectivity index (χ3v) is 3.84. The number of ether oxygens (including phenoxy) is 1. The molecule has 1 unspecified atom stereocenters. The van der Waals surface area contributed by atoms with Gasteiger partial charge in [0, 0.05) is 10.7 Å². The lowest BCUT2D eigenvalue weighted by molar-refractivity contribution is -0.115. The lowest BCUT2D eigenvalue weighted by atomic mass is 9.96. The van der Waals surface area contributed by atoms with Crippen LogP contribution < -0.4 is 15.8 Å². The van der Waals surface area contributed by atoms with Gasteiger partial charge in [0.1, 0.15) is 5.75 Å².